The molecule has 1 aliphatic rings. The molecule has 0 spiro atoms. The lowest BCUT2D eigenvalue weighted by Gasteiger charge is -2.40. The van der Waals surface area contributed by atoms with Gasteiger partial charge in [0.05, 0.1) is 6.61 Å². The molecule has 94 valence electrons. The van der Waals surface area contributed by atoms with Crippen LogP contribution in [0, 0.1) is 5.92 Å². The fourth-order valence-corrected chi connectivity index (χ4v) is 2.20. The van der Waals surface area contributed by atoms with Gasteiger partial charge in [-0.05, 0) is 46.6 Å². The number of piperidine rings is 1. The van der Waals surface area contributed by atoms with Gasteiger partial charge in [0, 0.05) is 18.6 Å². The molecule has 0 aromatic rings. The lowest BCUT2D eigenvalue weighted by Crippen LogP contribution is -2.49. The number of nitrogens with one attached hydrogen (secondary N) is 1. The van der Waals surface area contributed by atoms with Crippen molar-refractivity contribution < 1.29 is 9.53 Å². The Balaban J connectivity index is 2.42. The van der Waals surface area contributed by atoms with Crippen molar-refractivity contribution in [1.29, 1.82) is 0 Å². The summed E-state index contributed by atoms with van der Waals surface area (Å²) in [5.74, 6) is 0.628. The summed E-state index contributed by atoms with van der Waals surface area (Å²) in [5.41, 5.74) is 0.154. The first kappa shape index (κ1) is 13.3. The number of carbonyl (C=O) groups excluding carboxylic acids is 1. The molecule has 1 fully saturated rings. The van der Waals surface area contributed by atoms with Crippen molar-refractivity contribution in [3.05, 3.63) is 0 Å². The Morgan fingerprint density at radius 3 is 2.44 bits per heavy atom. The number of hydrogen-bond acceptors (Lipinski definition) is 3. The molecule has 0 aromatic carbocycles. The van der Waals surface area contributed by atoms with Crippen molar-refractivity contribution in [3.8, 4) is 0 Å². The maximum Gasteiger partial charge on any atom is 0.409 e. The highest BCUT2D eigenvalue weighted by atomic mass is 16.6. The van der Waals surface area contributed by atoms with Crippen LogP contribution in [0.5, 0.6) is 0 Å². The molecule has 1 N–H and O–H groups in total. The minimum atomic E-state index is -0.164. The summed E-state index contributed by atoms with van der Waals surface area (Å²) in [4.78, 5) is 13.3. The fraction of sp³-hybridized carbons (Fsp3) is 0.917. The molecule has 4 heteroatoms. The molecule has 0 unspecified atom stereocenters. The van der Waals surface area contributed by atoms with E-state index in [4.69, 9.17) is 4.74 Å². The summed E-state index contributed by atoms with van der Waals surface area (Å²) in [6.07, 6.45) is 1.93. The number of ether oxygens (including phenoxy) is 1. The Labute approximate surface area is 98.3 Å². The quantitative estimate of drug-likeness (QED) is 0.801. The molecule has 0 atom stereocenters. The maximum atomic E-state index is 11.5. The Kier molecular flexibility index (Phi) is 4.59. The van der Waals surface area contributed by atoms with Gasteiger partial charge in [-0.2, -0.15) is 0 Å². The van der Waals surface area contributed by atoms with E-state index in [-0.39, 0.29) is 11.6 Å². The molecule has 1 aliphatic heterocycles. The summed E-state index contributed by atoms with van der Waals surface area (Å²) in [6.45, 7) is 8.37. The van der Waals surface area contributed by atoms with Gasteiger partial charge in [0.2, 0.25) is 0 Å². The average molecular weight is 228 g/mol. The van der Waals surface area contributed by atoms with Crippen LogP contribution in [0.15, 0.2) is 0 Å². The van der Waals surface area contributed by atoms with Crippen molar-refractivity contribution in [2.75, 3.05) is 26.7 Å². The predicted molar refractivity (Wildman–Crippen MR) is 64.5 cm³/mol. The second-order valence-electron chi connectivity index (χ2n) is 4.93. The van der Waals surface area contributed by atoms with Crippen LogP contribution in [-0.2, 0) is 4.74 Å². The molecule has 1 amide bonds. The minimum absolute atomic E-state index is 0.154. The standard InChI is InChI=1S/C12H24N2O2/c1-5-16-11(15)14-8-6-10(7-9-14)12(2,3)13-4/h10,13H,5-9H2,1-4H3. The number of carbonyl (C=O) groups is 1. The van der Waals surface area contributed by atoms with Crippen molar-refractivity contribution in [3.63, 3.8) is 0 Å². The van der Waals surface area contributed by atoms with E-state index < -0.39 is 0 Å². The van der Waals surface area contributed by atoms with Crippen molar-refractivity contribution in [2.24, 2.45) is 5.92 Å². The zero-order valence-electron chi connectivity index (χ0n) is 10.9. The van der Waals surface area contributed by atoms with Gasteiger partial charge in [-0.3, -0.25) is 0 Å². The van der Waals surface area contributed by atoms with E-state index in [9.17, 15) is 4.79 Å². The largest absolute Gasteiger partial charge is 0.450 e. The maximum absolute atomic E-state index is 11.5. The minimum Gasteiger partial charge on any atom is -0.450 e. The van der Waals surface area contributed by atoms with Gasteiger partial charge < -0.3 is 15.0 Å². The van der Waals surface area contributed by atoms with Crippen LogP contribution in [0.25, 0.3) is 0 Å². The highest BCUT2D eigenvalue weighted by molar-refractivity contribution is 5.67. The highest BCUT2D eigenvalue weighted by Crippen LogP contribution is 2.27. The van der Waals surface area contributed by atoms with Crippen LogP contribution in [0.3, 0.4) is 0 Å². The van der Waals surface area contributed by atoms with E-state index >= 15 is 0 Å². The first-order valence-corrected chi connectivity index (χ1v) is 6.12. The van der Waals surface area contributed by atoms with Crippen LogP contribution in [0.4, 0.5) is 4.79 Å². The molecule has 16 heavy (non-hydrogen) atoms. The molecule has 0 aliphatic carbocycles. The molecule has 0 radical (unpaired) electrons. The Bertz CT molecular complexity index is 233. The molecule has 1 saturated heterocycles. The van der Waals surface area contributed by atoms with Gasteiger partial charge in [-0.25, -0.2) is 4.79 Å². The zero-order chi connectivity index (χ0) is 12.2. The molecular formula is C12H24N2O2. The summed E-state index contributed by atoms with van der Waals surface area (Å²) in [5, 5.41) is 3.35. The number of rotatable bonds is 3. The van der Waals surface area contributed by atoms with Gasteiger partial charge in [0.25, 0.3) is 0 Å². The Hall–Kier alpha value is -0.770. The van der Waals surface area contributed by atoms with Crippen LogP contribution in [0.1, 0.15) is 33.6 Å². The topological polar surface area (TPSA) is 41.6 Å². The van der Waals surface area contributed by atoms with E-state index in [1.807, 2.05) is 18.9 Å². The molecule has 0 aromatic heterocycles. The summed E-state index contributed by atoms with van der Waals surface area (Å²) in [7, 11) is 2.00. The lowest BCUT2D eigenvalue weighted by molar-refractivity contribution is 0.0795. The SMILES string of the molecule is CCOC(=O)N1CCC(C(C)(C)NC)CC1. The van der Waals surface area contributed by atoms with E-state index in [1.54, 1.807) is 0 Å². The number of likely N-dealkylation sites (tertiary alicyclic amines) is 1. The monoisotopic (exact) mass is 228 g/mol. The van der Waals surface area contributed by atoms with Crippen LogP contribution < -0.4 is 5.32 Å². The molecule has 1 heterocycles. The number of hydrogen-bond donors (Lipinski definition) is 1. The number of nitrogens with zero attached hydrogens (tertiary/aromatic N) is 1. The third kappa shape index (κ3) is 3.11. The molecule has 4 nitrogen and oxygen atoms in total. The van der Waals surface area contributed by atoms with Gasteiger partial charge >= 0.3 is 6.09 Å². The Morgan fingerprint density at radius 1 is 1.44 bits per heavy atom. The average Bonchev–Trinajstić information content (AvgIpc) is 2.29. The Morgan fingerprint density at radius 2 is 2.00 bits per heavy atom. The van der Waals surface area contributed by atoms with Gasteiger partial charge in [0.1, 0.15) is 0 Å². The summed E-state index contributed by atoms with van der Waals surface area (Å²) >= 11 is 0. The van der Waals surface area contributed by atoms with Gasteiger partial charge in [-0.1, -0.05) is 0 Å². The lowest BCUT2D eigenvalue weighted by atomic mass is 9.80. The van der Waals surface area contributed by atoms with Crippen molar-refractivity contribution in [1.82, 2.24) is 10.2 Å². The smallest absolute Gasteiger partial charge is 0.409 e. The first-order chi connectivity index (χ1) is 7.51. The fourth-order valence-electron chi connectivity index (χ4n) is 2.20. The van der Waals surface area contributed by atoms with E-state index in [2.05, 4.69) is 19.2 Å². The van der Waals surface area contributed by atoms with Crippen LogP contribution in [0.2, 0.25) is 0 Å². The predicted octanol–water partition coefficient (Wildman–Crippen LogP) is 1.85. The summed E-state index contributed by atoms with van der Waals surface area (Å²) < 4.78 is 5.00. The van der Waals surface area contributed by atoms with Crippen molar-refractivity contribution >= 4 is 6.09 Å². The highest BCUT2D eigenvalue weighted by Gasteiger charge is 2.32. The third-order valence-corrected chi connectivity index (χ3v) is 3.69. The van der Waals surface area contributed by atoms with E-state index in [0.29, 0.717) is 12.5 Å². The van der Waals surface area contributed by atoms with Crippen LogP contribution in [-0.4, -0.2) is 43.3 Å². The second kappa shape index (κ2) is 5.53. The van der Waals surface area contributed by atoms with E-state index in [0.717, 1.165) is 25.9 Å². The number of amides is 1. The normalized spacial score (nSPS) is 18.6. The van der Waals surface area contributed by atoms with E-state index in [1.165, 1.54) is 0 Å². The zero-order valence-corrected chi connectivity index (χ0v) is 10.9. The molecule has 1 rings (SSSR count). The second-order valence-corrected chi connectivity index (χ2v) is 4.93. The van der Waals surface area contributed by atoms with Crippen molar-refractivity contribution in [2.45, 2.75) is 39.2 Å². The molecular weight excluding hydrogens is 204 g/mol. The van der Waals surface area contributed by atoms with Gasteiger partial charge in [0.15, 0.2) is 0 Å². The van der Waals surface area contributed by atoms with Crippen LogP contribution >= 0.6 is 0 Å². The summed E-state index contributed by atoms with van der Waals surface area (Å²) in [6, 6.07) is 0. The molecule has 0 bridgehead atoms. The third-order valence-electron chi connectivity index (χ3n) is 3.69. The molecule has 0 saturated carbocycles. The first-order valence-electron chi connectivity index (χ1n) is 6.12. The van der Waals surface area contributed by atoms with Gasteiger partial charge in [-0.15, -0.1) is 0 Å².